The van der Waals surface area contributed by atoms with E-state index in [9.17, 15) is 0 Å². The van der Waals surface area contributed by atoms with Crippen molar-refractivity contribution in [2.75, 3.05) is 19.8 Å². The van der Waals surface area contributed by atoms with Gasteiger partial charge >= 0.3 is 0 Å². The molecule has 0 fully saturated rings. The zero-order valence-electron chi connectivity index (χ0n) is 11.0. The number of rotatable bonds is 6. The van der Waals surface area contributed by atoms with E-state index in [4.69, 9.17) is 9.57 Å². The van der Waals surface area contributed by atoms with Crippen LogP contribution in [0.5, 0.6) is 0 Å². The van der Waals surface area contributed by atoms with Crippen LogP contribution >= 0.6 is 12.1 Å². The molecular formula is C12H18IN3O2S. The zero-order valence-corrected chi connectivity index (χ0v) is 14.0. The third kappa shape index (κ3) is 4.99. The third-order valence-corrected chi connectivity index (χ3v) is 3.26. The second-order valence-electron chi connectivity index (χ2n) is 3.89. The van der Waals surface area contributed by atoms with Crippen molar-refractivity contribution in [3.05, 3.63) is 30.1 Å². The predicted molar refractivity (Wildman–Crippen MR) is 70.7 cm³/mol. The van der Waals surface area contributed by atoms with Crippen LogP contribution in [0.25, 0.3) is 0 Å². The second-order valence-corrected chi connectivity index (χ2v) is 4.63. The third-order valence-electron chi connectivity index (χ3n) is 2.55. The van der Waals surface area contributed by atoms with Gasteiger partial charge in [-0.1, -0.05) is 4.47 Å². The number of ether oxygens (including phenoxy) is 1. The first kappa shape index (κ1) is 16.8. The van der Waals surface area contributed by atoms with E-state index < -0.39 is 0 Å². The summed E-state index contributed by atoms with van der Waals surface area (Å²) in [4.78, 5) is 5.64. The Kier molecular flexibility index (Phi) is 7.84. The van der Waals surface area contributed by atoms with E-state index in [1.807, 2.05) is 37.1 Å². The molecule has 0 saturated carbocycles. The average Bonchev–Trinajstić information content (AvgIpc) is 2.84. The molecule has 0 saturated heterocycles. The van der Waals surface area contributed by atoms with Crippen LogP contribution in [0.1, 0.15) is 18.5 Å². The lowest BCUT2D eigenvalue weighted by atomic mass is 10.1. The minimum Gasteiger partial charge on any atom is -1.00 e. The molecule has 1 aliphatic heterocycles. The Labute approximate surface area is 135 Å². The van der Waals surface area contributed by atoms with E-state index in [-0.39, 0.29) is 30.0 Å². The number of aromatic nitrogens is 1. The van der Waals surface area contributed by atoms with Gasteiger partial charge in [-0.3, -0.25) is 4.84 Å². The summed E-state index contributed by atoms with van der Waals surface area (Å²) >= 11 is 1.33. The smallest absolute Gasteiger partial charge is 0.168 e. The van der Waals surface area contributed by atoms with Gasteiger partial charge in [-0.05, 0) is 12.5 Å². The zero-order chi connectivity index (χ0) is 12.8. The summed E-state index contributed by atoms with van der Waals surface area (Å²) in [5, 5.41) is 0. The molecular weight excluding hydrogens is 377 g/mol. The molecule has 0 bridgehead atoms. The Morgan fingerprint density at radius 2 is 2.11 bits per heavy atom. The molecule has 1 aliphatic rings. The highest BCUT2D eigenvalue weighted by Crippen LogP contribution is 2.31. The monoisotopic (exact) mass is 395 g/mol. The van der Waals surface area contributed by atoms with Gasteiger partial charge in [-0.25, -0.2) is 8.96 Å². The number of aryl methyl sites for hydroxylation is 1. The number of nitrogens with zero attached hydrogens (tertiary/aromatic N) is 3. The maximum Gasteiger partial charge on any atom is 0.168 e. The van der Waals surface area contributed by atoms with Crippen molar-refractivity contribution < 1.29 is 38.1 Å². The van der Waals surface area contributed by atoms with Crippen LogP contribution in [0.3, 0.4) is 0 Å². The van der Waals surface area contributed by atoms with Crippen LogP contribution < -0.4 is 28.5 Å². The van der Waals surface area contributed by atoms with Gasteiger partial charge in [0.15, 0.2) is 12.4 Å². The van der Waals surface area contributed by atoms with Crippen LogP contribution in [0.15, 0.2) is 28.9 Å². The number of hydrogen-bond acceptors (Lipinski definition) is 5. The molecule has 1 aromatic heterocycles. The summed E-state index contributed by atoms with van der Waals surface area (Å²) < 4.78 is 13.2. The Bertz CT molecular complexity index is 402. The van der Waals surface area contributed by atoms with E-state index >= 15 is 0 Å². The normalized spacial score (nSPS) is 18.5. The van der Waals surface area contributed by atoms with Gasteiger partial charge in [0.2, 0.25) is 0 Å². The van der Waals surface area contributed by atoms with Crippen molar-refractivity contribution >= 4 is 18.3 Å². The molecule has 2 rings (SSSR count). The molecule has 1 atom stereocenters. The standard InChI is InChI=1S/C12H18N3O2S.HI/c1-3-16-8-9-17-15-12(10-13-18-15)11-4-6-14(2)7-5-11;/h4-7,10,12H,3,8-9H2,1-2H3;1H/q+1;/p-1. The van der Waals surface area contributed by atoms with Gasteiger partial charge in [-0.2, -0.15) is 0 Å². The van der Waals surface area contributed by atoms with E-state index in [1.54, 1.807) is 4.47 Å². The summed E-state index contributed by atoms with van der Waals surface area (Å²) in [5.74, 6) is 0. The summed E-state index contributed by atoms with van der Waals surface area (Å²) in [6.07, 6.45) is 5.93. The van der Waals surface area contributed by atoms with E-state index in [0.717, 1.165) is 0 Å². The fraction of sp³-hybridized carbons (Fsp3) is 0.500. The first-order valence-corrected chi connectivity index (χ1v) is 6.70. The molecule has 0 radical (unpaired) electrons. The Balaban J connectivity index is 0.00000180. The van der Waals surface area contributed by atoms with Crippen molar-refractivity contribution in [1.82, 2.24) is 4.47 Å². The molecule has 7 heteroatoms. The number of hydrogen-bond donors (Lipinski definition) is 0. The molecule has 0 aromatic carbocycles. The molecule has 2 heterocycles. The topological polar surface area (TPSA) is 37.9 Å². The maximum atomic E-state index is 5.64. The van der Waals surface area contributed by atoms with Crippen LogP contribution in [-0.4, -0.2) is 30.5 Å². The number of pyridine rings is 1. The van der Waals surface area contributed by atoms with Crippen LogP contribution in [0.2, 0.25) is 0 Å². The van der Waals surface area contributed by atoms with Crippen molar-refractivity contribution in [3.63, 3.8) is 0 Å². The summed E-state index contributed by atoms with van der Waals surface area (Å²) in [7, 11) is 2.00. The molecule has 106 valence electrons. The molecule has 0 aliphatic carbocycles. The molecule has 0 spiro atoms. The molecule has 1 aromatic rings. The average molecular weight is 395 g/mol. The van der Waals surface area contributed by atoms with Crippen LogP contribution in [-0.2, 0) is 16.6 Å². The highest BCUT2D eigenvalue weighted by Gasteiger charge is 2.25. The minimum atomic E-state index is 0. The first-order chi connectivity index (χ1) is 8.81. The van der Waals surface area contributed by atoms with Crippen LogP contribution in [0.4, 0.5) is 0 Å². The van der Waals surface area contributed by atoms with Gasteiger partial charge in [0.1, 0.15) is 13.1 Å². The highest BCUT2D eigenvalue weighted by atomic mass is 127. The molecule has 5 nitrogen and oxygen atoms in total. The van der Waals surface area contributed by atoms with Crippen molar-refractivity contribution in [2.24, 2.45) is 11.4 Å². The fourth-order valence-corrected chi connectivity index (χ4v) is 2.25. The number of halogens is 1. The summed E-state index contributed by atoms with van der Waals surface area (Å²) in [6.45, 7) is 3.83. The lowest BCUT2D eigenvalue weighted by Gasteiger charge is -2.19. The van der Waals surface area contributed by atoms with E-state index in [0.29, 0.717) is 19.8 Å². The summed E-state index contributed by atoms with van der Waals surface area (Å²) in [6, 6.07) is 4.21. The lowest BCUT2D eigenvalue weighted by molar-refractivity contribution is -0.671. The highest BCUT2D eigenvalue weighted by molar-refractivity contribution is 7.96. The van der Waals surface area contributed by atoms with E-state index in [2.05, 4.69) is 16.5 Å². The fourth-order valence-electron chi connectivity index (χ4n) is 1.59. The van der Waals surface area contributed by atoms with E-state index in [1.165, 1.54) is 17.7 Å². The molecule has 0 N–H and O–H groups in total. The molecule has 0 amide bonds. The van der Waals surface area contributed by atoms with Gasteiger partial charge in [0.25, 0.3) is 0 Å². The van der Waals surface area contributed by atoms with Crippen LogP contribution in [0, 0.1) is 0 Å². The minimum absolute atomic E-state index is 0. The van der Waals surface area contributed by atoms with Crippen molar-refractivity contribution in [1.29, 1.82) is 0 Å². The predicted octanol–water partition coefficient (Wildman–Crippen LogP) is -1.53. The first-order valence-electron chi connectivity index (χ1n) is 5.97. The van der Waals surface area contributed by atoms with Gasteiger partial charge in [0, 0.05) is 25.0 Å². The van der Waals surface area contributed by atoms with Gasteiger partial charge in [-0.15, -0.1) is 0 Å². The van der Waals surface area contributed by atoms with Gasteiger partial charge < -0.3 is 28.7 Å². The van der Waals surface area contributed by atoms with Crippen molar-refractivity contribution in [3.8, 4) is 0 Å². The van der Waals surface area contributed by atoms with Crippen molar-refractivity contribution in [2.45, 2.75) is 13.0 Å². The lowest BCUT2D eigenvalue weighted by Crippen LogP contribution is -3.00. The Hall–Kier alpha value is -0.220. The molecule has 1 unspecified atom stereocenters. The largest absolute Gasteiger partial charge is 1.00 e. The van der Waals surface area contributed by atoms with Gasteiger partial charge in [0.05, 0.1) is 25.3 Å². The Morgan fingerprint density at radius 1 is 1.37 bits per heavy atom. The SMILES string of the molecule is CCOCCON1SN=CC1c1cc[n+](C)cc1.[I-]. The summed E-state index contributed by atoms with van der Waals surface area (Å²) in [5.41, 5.74) is 1.17. The second kappa shape index (κ2) is 8.85. The number of hydroxylamine groups is 1. The Morgan fingerprint density at radius 3 is 2.79 bits per heavy atom. The quantitative estimate of drug-likeness (QED) is 0.254. The molecule has 19 heavy (non-hydrogen) atoms. The maximum absolute atomic E-state index is 5.64.